The van der Waals surface area contributed by atoms with Gasteiger partial charge >= 0.3 is 0 Å². The van der Waals surface area contributed by atoms with Gasteiger partial charge in [0.05, 0.1) is 13.0 Å². The van der Waals surface area contributed by atoms with Crippen LogP contribution in [0.25, 0.3) is 0 Å². The van der Waals surface area contributed by atoms with E-state index in [1.165, 1.54) is 5.56 Å². The van der Waals surface area contributed by atoms with Crippen LogP contribution in [0.3, 0.4) is 0 Å². The molecule has 0 aromatic heterocycles. The van der Waals surface area contributed by atoms with Crippen molar-refractivity contribution >= 4 is 5.91 Å². The minimum atomic E-state index is 0.204. The molecule has 0 radical (unpaired) electrons. The molecule has 1 amide bonds. The Morgan fingerprint density at radius 3 is 2.71 bits per heavy atom. The summed E-state index contributed by atoms with van der Waals surface area (Å²) in [4.78, 5) is 14.1. The summed E-state index contributed by atoms with van der Waals surface area (Å²) in [5.74, 6) is 1.09. The van der Waals surface area contributed by atoms with E-state index in [0.717, 1.165) is 37.2 Å². The number of carbonyl (C=O) groups is 1. The molecule has 1 saturated heterocycles. The standard InChI is InChI=1S/C17H26N2O2/c1-13-4-5-14(2)16(12-13)21-11-8-17(20)19-9-6-15(18-3)7-10-19/h4-5,12,15,18H,6-11H2,1-3H3. The van der Waals surface area contributed by atoms with Gasteiger partial charge in [0.25, 0.3) is 0 Å². The predicted molar refractivity (Wildman–Crippen MR) is 84.7 cm³/mol. The van der Waals surface area contributed by atoms with E-state index in [1.807, 2.05) is 31.9 Å². The molecule has 116 valence electrons. The highest BCUT2D eigenvalue weighted by Gasteiger charge is 2.21. The lowest BCUT2D eigenvalue weighted by Gasteiger charge is -2.31. The molecule has 1 heterocycles. The van der Waals surface area contributed by atoms with Crippen molar-refractivity contribution in [2.24, 2.45) is 0 Å². The van der Waals surface area contributed by atoms with Crippen molar-refractivity contribution in [1.29, 1.82) is 0 Å². The Labute approximate surface area is 127 Å². The maximum Gasteiger partial charge on any atom is 0.225 e. The number of hydrogen-bond donors (Lipinski definition) is 1. The first-order valence-corrected chi connectivity index (χ1v) is 7.75. The quantitative estimate of drug-likeness (QED) is 0.904. The van der Waals surface area contributed by atoms with Crippen LogP contribution in [0.1, 0.15) is 30.4 Å². The summed E-state index contributed by atoms with van der Waals surface area (Å²) in [6.45, 7) is 6.24. The SMILES string of the molecule is CNC1CCN(C(=O)CCOc2cc(C)ccc2C)CC1. The Balaban J connectivity index is 1.76. The predicted octanol–water partition coefficient (Wildman–Crippen LogP) is 2.28. The van der Waals surface area contributed by atoms with Crippen molar-refractivity contribution in [3.05, 3.63) is 29.3 Å². The Kier molecular flexibility index (Phi) is 5.62. The zero-order chi connectivity index (χ0) is 15.2. The van der Waals surface area contributed by atoms with Crippen LogP contribution < -0.4 is 10.1 Å². The van der Waals surface area contributed by atoms with Crippen LogP contribution >= 0.6 is 0 Å². The Morgan fingerprint density at radius 2 is 2.05 bits per heavy atom. The zero-order valence-electron chi connectivity index (χ0n) is 13.3. The van der Waals surface area contributed by atoms with Gasteiger partial charge in [-0.1, -0.05) is 12.1 Å². The van der Waals surface area contributed by atoms with E-state index >= 15 is 0 Å². The van der Waals surface area contributed by atoms with Crippen LogP contribution in [0.4, 0.5) is 0 Å². The molecule has 4 nitrogen and oxygen atoms in total. The topological polar surface area (TPSA) is 41.6 Å². The van der Waals surface area contributed by atoms with Gasteiger partial charge in [0.1, 0.15) is 5.75 Å². The van der Waals surface area contributed by atoms with Crippen LogP contribution in [0.5, 0.6) is 5.75 Å². The lowest BCUT2D eigenvalue weighted by molar-refractivity contribution is -0.132. The third-order valence-electron chi connectivity index (χ3n) is 4.17. The molecule has 1 aliphatic heterocycles. The molecule has 0 aliphatic carbocycles. The van der Waals surface area contributed by atoms with Crippen molar-refractivity contribution < 1.29 is 9.53 Å². The lowest BCUT2D eigenvalue weighted by atomic mass is 10.1. The smallest absolute Gasteiger partial charge is 0.225 e. The molecule has 1 N–H and O–H groups in total. The summed E-state index contributed by atoms with van der Waals surface area (Å²) in [6, 6.07) is 6.70. The molecule has 0 unspecified atom stereocenters. The highest BCUT2D eigenvalue weighted by Crippen LogP contribution is 2.19. The van der Waals surface area contributed by atoms with Crippen molar-refractivity contribution in [2.45, 2.75) is 39.2 Å². The molecular formula is C17H26N2O2. The highest BCUT2D eigenvalue weighted by molar-refractivity contribution is 5.76. The molecule has 0 bridgehead atoms. The summed E-state index contributed by atoms with van der Waals surface area (Å²) < 4.78 is 5.76. The molecule has 0 atom stereocenters. The number of likely N-dealkylation sites (tertiary alicyclic amines) is 1. The van der Waals surface area contributed by atoms with Crippen molar-refractivity contribution in [1.82, 2.24) is 10.2 Å². The molecule has 0 spiro atoms. The fourth-order valence-corrected chi connectivity index (χ4v) is 2.69. The van der Waals surface area contributed by atoms with Gasteiger partial charge in [-0.3, -0.25) is 4.79 Å². The second-order valence-corrected chi connectivity index (χ2v) is 5.81. The molecule has 1 fully saturated rings. The molecule has 4 heteroatoms. The van der Waals surface area contributed by atoms with Crippen molar-refractivity contribution in [3.8, 4) is 5.75 Å². The van der Waals surface area contributed by atoms with Crippen molar-refractivity contribution in [3.63, 3.8) is 0 Å². The molecular weight excluding hydrogens is 264 g/mol. The third-order valence-corrected chi connectivity index (χ3v) is 4.17. The van der Waals surface area contributed by atoms with Gasteiger partial charge in [0, 0.05) is 19.1 Å². The van der Waals surface area contributed by atoms with Gasteiger partial charge in [-0.05, 0) is 50.9 Å². The Hall–Kier alpha value is -1.55. The van der Waals surface area contributed by atoms with E-state index < -0.39 is 0 Å². The van der Waals surface area contributed by atoms with Gasteiger partial charge in [-0.2, -0.15) is 0 Å². The van der Waals surface area contributed by atoms with Crippen LogP contribution in [0, 0.1) is 13.8 Å². The van der Waals surface area contributed by atoms with Gasteiger partial charge in [0.2, 0.25) is 5.91 Å². The monoisotopic (exact) mass is 290 g/mol. The largest absolute Gasteiger partial charge is 0.493 e. The molecule has 1 aliphatic rings. The molecule has 1 aromatic rings. The number of rotatable bonds is 5. The first-order chi connectivity index (χ1) is 10.1. The lowest BCUT2D eigenvalue weighted by Crippen LogP contribution is -2.44. The van der Waals surface area contributed by atoms with Gasteiger partial charge < -0.3 is 15.0 Å². The van der Waals surface area contributed by atoms with E-state index in [4.69, 9.17) is 4.74 Å². The first-order valence-electron chi connectivity index (χ1n) is 7.75. The fourth-order valence-electron chi connectivity index (χ4n) is 2.69. The van der Waals surface area contributed by atoms with Crippen LogP contribution in [-0.2, 0) is 4.79 Å². The van der Waals surface area contributed by atoms with E-state index in [1.54, 1.807) is 0 Å². The highest BCUT2D eigenvalue weighted by atomic mass is 16.5. The third kappa shape index (κ3) is 4.46. The normalized spacial score (nSPS) is 16.0. The number of ether oxygens (including phenoxy) is 1. The first kappa shape index (κ1) is 15.8. The Bertz CT molecular complexity index is 480. The summed E-state index contributed by atoms with van der Waals surface area (Å²) in [5, 5.41) is 3.28. The number of benzene rings is 1. The summed E-state index contributed by atoms with van der Waals surface area (Å²) in [6.07, 6.45) is 2.54. The van der Waals surface area contributed by atoms with Crippen LogP contribution in [0.2, 0.25) is 0 Å². The second-order valence-electron chi connectivity index (χ2n) is 5.81. The van der Waals surface area contributed by atoms with Crippen LogP contribution in [0.15, 0.2) is 18.2 Å². The van der Waals surface area contributed by atoms with Crippen molar-refractivity contribution in [2.75, 3.05) is 26.7 Å². The minimum Gasteiger partial charge on any atom is -0.493 e. The number of nitrogens with one attached hydrogen (secondary N) is 1. The number of piperidine rings is 1. The van der Waals surface area contributed by atoms with Gasteiger partial charge in [-0.15, -0.1) is 0 Å². The van der Waals surface area contributed by atoms with E-state index in [-0.39, 0.29) is 5.91 Å². The molecule has 0 saturated carbocycles. The average molecular weight is 290 g/mol. The number of nitrogens with zero attached hydrogens (tertiary/aromatic N) is 1. The number of aryl methyl sites for hydroxylation is 2. The number of hydrogen-bond acceptors (Lipinski definition) is 3. The fraction of sp³-hybridized carbons (Fsp3) is 0.588. The number of carbonyl (C=O) groups excluding carboxylic acids is 1. The maximum absolute atomic E-state index is 12.2. The zero-order valence-corrected chi connectivity index (χ0v) is 13.3. The van der Waals surface area contributed by atoms with Crippen LogP contribution in [-0.4, -0.2) is 43.6 Å². The molecule has 1 aromatic carbocycles. The Morgan fingerprint density at radius 1 is 1.33 bits per heavy atom. The summed E-state index contributed by atoms with van der Waals surface area (Å²) in [7, 11) is 1.99. The summed E-state index contributed by atoms with van der Waals surface area (Å²) in [5.41, 5.74) is 2.29. The maximum atomic E-state index is 12.2. The van der Waals surface area contributed by atoms with E-state index in [9.17, 15) is 4.79 Å². The minimum absolute atomic E-state index is 0.204. The van der Waals surface area contributed by atoms with E-state index in [2.05, 4.69) is 17.4 Å². The second kappa shape index (κ2) is 7.46. The number of amides is 1. The van der Waals surface area contributed by atoms with E-state index in [0.29, 0.717) is 19.1 Å². The van der Waals surface area contributed by atoms with Gasteiger partial charge in [-0.25, -0.2) is 0 Å². The average Bonchev–Trinajstić information content (AvgIpc) is 2.50. The molecule has 2 rings (SSSR count). The summed E-state index contributed by atoms with van der Waals surface area (Å²) >= 11 is 0. The van der Waals surface area contributed by atoms with Gasteiger partial charge in [0.15, 0.2) is 0 Å². The molecule has 21 heavy (non-hydrogen) atoms.